The van der Waals surface area contributed by atoms with Gasteiger partial charge in [0.05, 0.1) is 12.6 Å². The van der Waals surface area contributed by atoms with Crippen molar-refractivity contribution in [3.05, 3.63) is 35.9 Å². The van der Waals surface area contributed by atoms with Crippen LogP contribution in [0.5, 0.6) is 0 Å². The maximum absolute atomic E-state index is 11.7. The van der Waals surface area contributed by atoms with Crippen molar-refractivity contribution < 1.29 is 13.5 Å². The smallest absolute Gasteiger partial charge is 0.279 e. The molecule has 0 aliphatic rings. The zero-order chi connectivity index (χ0) is 13.8. The molecule has 6 heteroatoms. The van der Waals surface area contributed by atoms with Gasteiger partial charge in [0, 0.05) is 14.1 Å². The summed E-state index contributed by atoms with van der Waals surface area (Å²) in [5.74, 6) is -0.106. The highest BCUT2D eigenvalue weighted by atomic mass is 32.2. The minimum Gasteiger partial charge on any atom is -0.395 e. The summed E-state index contributed by atoms with van der Waals surface area (Å²) in [5.41, 5.74) is 0.984. The third kappa shape index (κ3) is 3.78. The van der Waals surface area contributed by atoms with Gasteiger partial charge in [-0.3, -0.25) is 0 Å². The van der Waals surface area contributed by atoms with Crippen molar-refractivity contribution in [2.75, 3.05) is 20.7 Å². The number of nitrogens with one attached hydrogen (secondary N) is 1. The Morgan fingerprint density at radius 2 is 1.83 bits per heavy atom. The summed E-state index contributed by atoms with van der Waals surface area (Å²) in [4.78, 5) is 0. The van der Waals surface area contributed by atoms with Crippen LogP contribution in [0.15, 0.2) is 30.3 Å². The molecule has 0 bridgehead atoms. The quantitative estimate of drug-likeness (QED) is 0.794. The van der Waals surface area contributed by atoms with E-state index >= 15 is 0 Å². The SMILES string of the molecule is C[C@@H](c1ccccc1)[C@@H](CO)NS(=O)(=O)N(C)C. The van der Waals surface area contributed by atoms with E-state index in [4.69, 9.17) is 0 Å². The molecule has 0 aliphatic heterocycles. The normalized spacial score (nSPS) is 15.6. The number of rotatable bonds is 6. The first kappa shape index (κ1) is 15.1. The van der Waals surface area contributed by atoms with Gasteiger partial charge in [-0.1, -0.05) is 37.3 Å². The highest BCUT2D eigenvalue weighted by Gasteiger charge is 2.24. The third-order valence-corrected chi connectivity index (χ3v) is 4.47. The zero-order valence-electron chi connectivity index (χ0n) is 10.9. The molecular weight excluding hydrogens is 252 g/mol. The minimum absolute atomic E-state index is 0.106. The van der Waals surface area contributed by atoms with E-state index in [1.807, 2.05) is 37.3 Å². The molecule has 1 aromatic rings. The summed E-state index contributed by atoms with van der Waals surface area (Å²) in [6.45, 7) is 1.64. The Labute approximate surface area is 109 Å². The van der Waals surface area contributed by atoms with Crippen LogP contribution in [-0.4, -0.2) is 44.6 Å². The van der Waals surface area contributed by atoms with Crippen molar-refractivity contribution in [3.8, 4) is 0 Å². The van der Waals surface area contributed by atoms with E-state index in [0.717, 1.165) is 9.87 Å². The van der Waals surface area contributed by atoms with Crippen LogP contribution in [0.25, 0.3) is 0 Å². The van der Waals surface area contributed by atoms with Crippen LogP contribution in [0.4, 0.5) is 0 Å². The first-order valence-corrected chi connectivity index (χ1v) is 7.18. The van der Waals surface area contributed by atoms with Crippen molar-refractivity contribution in [1.82, 2.24) is 9.03 Å². The predicted molar refractivity (Wildman–Crippen MR) is 71.5 cm³/mol. The molecule has 0 aliphatic carbocycles. The minimum atomic E-state index is -3.54. The van der Waals surface area contributed by atoms with E-state index in [-0.39, 0.29) is 12.5 Å². The van der Waals surface area contributed by atoms with Gasteiger partial charge >= 0.3 is 0 Å². The zero-order valence-corrected chi connectivity index (χ0v) is 11.7. The van der Waals surface area contributed by atoms with E-state index < -0.39 is 16.3 Å². The van der Waals surface area contributed by atoms with Gasteiger partial charge in [-0.15, -0.1) is 0 Å². The van der Waals surface area contributed by atoms with Crippen molar-refractivity contribution in [2.24, 2.45) is 0 Å². The number of aliphatic hydroxyl groups is 1. The Balaban J connectivity index is 2.85. The lowest BCUT2D eigenvalue weighted by Gasteiger charge is -2.25. The molecule has 0 unspecified atom stereocenters. The third-order valence-electron chi connectivity index (χ3n) is 2.91. The van der Waals surface area contributed by atoms with Crippen LogP contribution in [0.1, 0.15) is 18.4 Å². The Kier molecular flexibility index (Phi) is 5.28. The summed E-state index contributed by atoms with van der Waals surface area (Å²) in [7, 11) is -0.642. The molecule has 1 aromatic carbocycles. The topological polar surface area (TPSA) is 69.6 Å². The number of nitrogens with zero attached hydrogens (tertiary/aromatic N) is 1. The fourth-order valence-electron chi connectivity index (χ4n) is 1.58. The largest absolute Gasteiger partial charge is 0.395 e. The molecule has 102 valence electrons. The average molecular weight is 272 g/mol. The molecule has 5 nitrogen and oxygen atoms in total. The van der Waals surface area contributed by atoms with Gasteiger partial charge in [0.2, 0.25) is 0 Å². The van der Waals surface area contributed by atoms with E-state index in [0.29, 0.717) is 0 Å². The molecule has 2 atom stereocenters. The number of aliphatic hydroxyl groups excluding tert-OH is 1. The lowest BCUT2D eigenvalue weighted by Crippen LogP contribution is -2.46. The number of hydrogen-bond acceptors (Lipinski definition) is 3. The van der Waals surface area contributed by atoms with Crippen LogP contribution in [0, 0.1) is 0 Å². The molecule has 0 fully saturated rings. The second-order valence-corrected chi connectivity index (χ2v) is 6.31. The maximum Gasteiger partial charge on any atom is 0.279 e. The van der Waals surface area contributed by atoms with Crippen molar-refractivity contribution >= 4 is 10.2 Å². The Bertz CT molecular complexity index is 459. The number of hydrogen-bond donors (Lipinski definition) is 2. The molecule has 0 spiro atoms. The first-order valence-electron chi connectivity index (χ1n) is 5.74. The summed E-state index contributed by atoms with van der Waals surface area (Å²) in [6.07, 6.45) is 0. The van der Waals surface area contributed by atoms with E-state index in [1.165, 1.54) is 14.1 Å². The average Bonchev–Trinajstić information content (AvgIpc) is 2.36. The molecule has 0 aromatic heterocycles. The molecule has 2 N–H and O–H groups in total. The Morgan fingerprint density at radius 3 is 2.28 bits per heavy atom. The first-order chi connectivity index (χ1) is 8.38. The van der Waals surface area contributed by atoms with Gasteiger partial charge in [-0.25, -0.2) is 0 Å². The summed E-state index contributed by atoms with van der Waals surface area (Å²) in [5, 5.41) is 9.36. The maximum atomic E-state index is 11.7. The van der Waals surface area contributed by atoms with E-state index in [1.54, 1.807) is 0 Å². The standard InChI is InChI=1S/C12H20N2O3S/c1-10(11-7-5-4-6-8-11)12(9-15)13-18(16,17)14(2)3/h4-8,10,12-13,15H,9H2,1-3H3/t10-,12+/m0/s1. The Morgan fingerprint density at radius 1 is 1.28 bits per heavy atom. The van der Waals surface area contributed by atoms with Crippen LogP contribution in [0.3, 0.4) is 0 Å². The van der Waals surface area contributed by atoms with Crippen LogP contribution in [0.2, 0.25) is 0 Å². The van der Waals surface area contributed by atoms with Gasteiger partial charge in [0.15, 0.2) is 0 Å². The lowest BCUT2D eigenvalue weighted by molar-refractivity contribution is 0.240. The Hall–Kier alpha value is -0.950. The van der Waals surface area contributed by atoms with Crippen molar-refractivity contribution in [2.45, 2.75) is 18.9 Å². The predicted octanol–water partition coefficient (Wildman–Crippen LogP) is 0.547. The summed E-state index contributed by atoms with van der Waals surface area (Å²) >= 11 is 0. The lowest BCUT2D eigenvalue weighted by atomic mass is 9.94. The molecule has 0 radical (unpaired) electrons. The molecule has 1 rings (SSSR count). The molecular formula is C12H20N2O3S. The second-order valence-electron chi connectivity index (χ2n) is 4.39. The van der Waals surface area contributed by atoms with Gasteiger partial charge < -0.3 is 5.11 Å². The number of benzene rings is 1. The summed E-state index contributed by atoms with van der Waals surface area (Å²) in [6, 6.07) is 8.96. The van der Waals surface area contributed by atoms with Crippen molar-refractivity contribution in [1.29, 1.82) is 0 Å². The van der Waals surface area contributed by atoms with Gasteiger partial charge in [0.25, 0.3) is 10.2 Å². The van der Waals surface area contributed by atoms with Crippen molar-refractivity contribution in [3.63, 3.8) is 0 Å². The van der Waals surface area contributed by atoms with Crippen LogP contribution < -0.4 is 4.72 Å². The van der Waals surface area contributed by atoms with Crippen LogP contribution >= 0.6 is 0 Å². The monoisotopic (exact) mass is 272 g/mol. The van der Waals surface area contributed by atoms with E-state index in [2.05, 4.69) is 4.72 Å². The van der Waals surface area contributed by atoms with Gasteiger partial charge in [-0.2, -0.15) is 17.4 Å². The second kappa shape index (κ2) is 6.29. The molecule has 18 heavy (non-hydrogen) atoms. The molecule has 0 heterocycles. The molecule has 0 saturated carbocycles. The van der Waals surface area contributed by atoms with Gasteiger partial charge in [0.1, 0.15) is 0 Å². The van der Waals surface area contributed by atoms with Crippen LogP contribution in [-0.2, 0) is 10.2 Å². The van der Waals surface area contributed by atoms with Gasteiger partial charge in [-0.05, 0) is 11.5 Å². The molecule has 0 amide bonds. The highest BCUT2D eigenvalue weighted by Crippen LogP contribution is 2.19. The van der Waals surface area contributed by atoms with E-state index in [9.17, 15) is 13.5 Å². The fraction of sp³-hybridized carbons (Fsp3) is 0.500. The highest BCUT2D eigenvalue weighted by molar-refractivity contribution is 7.87. The molecule has 0 saturated heterocycles. The summed E-state index contributed by atoms with van der Waals surface area (Å²) < 4.78 is 27.1. The fourth-order valence-corrected chi connectivity index (χ4v) is 2.46.